The maximum Gasteiger partial charge on any atom is 0.265 e. The van der Waals surface area contributed by atoms with Crippen molar-refractivity contribution in [1.29, 1.82) is 0 Å². The number of nitrogens with one attached hydrogen (secondary N) is 1. The lowest BCUT2D eigenvalue weighted by Crippen LogP contribution is -2.37. The molecule has 1 saturated carbocycles. The van der Waals surface area contributed by atoms with Crippen LogP contribution in [0.2, 0.25) is 0 Å². The third kappa shape index (κ3) is 2.65. The van der Waals surface area contributed by atoms with Gasteiger partial charge in [0.05, 0.1) is 0 Å². The van der Waals surface area contributed by atoms with Crippen molar-refractivity contribution in [3.05, 3.63) is 35.4 Å². The molecule has 1 aliphatic rings. The van der Waals surface area contributed by atoms with Crippen molar-refractivity contribution >= 4 is 5.91 Å². The second-order valence-electron chi connectivity index (χ2n) is 4.63. The van der Waals surface area contributed by atoms with Gasteiger partial charge in [0.1, 0.15) is 0 Å². The van der Waals surface area contributed by atoms with Crippen LogP contribution in [0.15, 0.2) is 24.3 Å². The van der Waals surface area contributed by atoms with Gasteiger partial charge >= 0.3 is 0 Å². The van der Waals surface area contributed by atoms with Gasteiger partial charge in [-0.15, -0.1) is 0 Å². The van der Waals surface area contributed by atoms with Crippen LogP contribution in [0.4, 0.5) is 0 Å². The maximum atomic E-state index is 11.6. The smallest absolute Gasteiger partial charge is 0.265 e. The fraction of sp³-hybridized carbons (Fsp3) is 0.462. The van der Waals surface area contributed by atoms with Crippen LogP contribution in [-0.4, -0.2) is 23.9 Å². The SMILES string of the molecule is CN(Cc1ccccc1C(=O)NN)C1CCC1. The molecule has 0 aliphatic heterocycles. The van der Waals surface area contributed by atoms with Crippen molar-refractivity contribution in [2.45, 2.75) is 31.8 Å². The first-order valence-corrected chi connectivity index (χ1v) is 6.01. The van der Waals surface area contributed by atoms with Crippen LogP contribution >= 0.6 is 0 Å². The minimum absolute atomic E-state index is 0.220. The number of nitrogens with two attached hydrogens (primary N) is 1. The van der Waals surface area contributed by atoms with Gasteiger partial charge in [0, 0.05) is 18.2 Å². The Morgan fingerprint density at radius 3 is 2.76 bits per heavy atom. The molecular formula is C13H19N3O. The van der Waals surface area contributed by atoms with E-state index in [9.17, 15) is 4.79 Å². The summed E-state index contributed by atoms with van der Waals surface area (Å²) in [5.41, 5.74) is 3.89. The number of benzene rings is 1. The molecular weight excluding hydrogens is 214 g/mol. The molecule has 0 bridgehead atoms. The van der Waals surface area contributed by atoms with Gasteiger partial charge in [-0.3, -0.25) is 15.1 Å². The van der Waals surface area contributed by atoms with Crippen LogP contribution in [0.3, 0.4) is 0 Å². The summed E-state index contributed by atoms with van der Waals surface area (Å²) in [5.74, 6) is 4.97. The summed E-state index contributed by atoms with van der Waals surface area (Å²) < 4.78 is 0. The summed E-state index contributed by atoms with van der Waals surface area (Å²) in [4.78, 5) is 13.9. The highest BCUT2D eigenvalue weighted by Gasteiger charge is 2.22. The van der Waals surface area contributed by atoms with Crippen LogP contribution < -0.4 is 11.3 Å². The summed E-state index contributed by atoms with van der Waals surface area (Å²) >= 11 is 0. The van der Waals surface area contributed by atoms with Crippen LogP contribution in [0.25, 0.3) is 0 Å². The first-order valence-electron chi connectivity index (χ1n) is 6.01. The van der Waals surface area contributed by atoms with E-state index in [1.54, 1.807) is 0 Å². The lowest BCUT2D eigenvalue weighted by molar-refractivity contribution is 0.0949. The highest BCUT2D eigenvalue weighted by atomic mass is 16.2. The van der Waals surface area contributed by atoms with Crippen molar-refractivity contribution in [2.24, 2.45) is 5.84 Å². The number of carbonyl (C=O) groups excluding carboxylic acids is 1. The minimum Gasteiger partial charge on any atom is -0.299 e. The molecule has 4 heteroatoms. The van der Waals surface area contributed by atoms with E-state index in [0.717, 1.165) is 12.1 Å². The molecule has 1 aromatic rings. The average molecular weight is 233 g/mol. The number of hydrazine groups is 1. The standard InChI is InChI=1S/C13H19N3O/c1-16(11-6-4-7-11)9-10-5-2-3-8-12(10)13(17)15-14/h2-3,5,8,11H,4,6-7,9,14H2,1H3,(H,15,17). The first-order chi connectivity index (χ1) is 8.22. The molecule has 0 heterocycles. The average Bonchev–Trinajstić information content (AvgIpc) is 2.26. The molecule has 1 amide bonds. The summed E-state index contributed by atoms with van der Waals surface area (Å²) in [6, 6.07) is 8.28. The zero-order chi connectivity index (χ0) is 12.3. The molecule has 0 aromatic heterocycles. The molecule has 0 saturated heterocycles. The lowest BCUT2D eigenvalue weighted by Gasteiger charge is -2.35. The fourth-order valence-electron chi connectivity index (χ4n) is 2.18. The van der Waals surface area contributed by atoms with Crippen molar-refractivity contribution < 1.29 is 4.79 Å². The third-order valence-corrected chi connectivity index (χ3v) is 3.51. The molecule has 1 aromatic carbocycles. The Labute approximate surface area is 102 Å². The molecule has 17 heavy (non-hydrogen) atoms. The summed E-state index contributed by atoms with van der Waals surface area (Å²) in [5, 5.41) is 0. The summed E-state index contributed by atoms with van der Waals surface area (Å²) in [7, 11) is 2.11. The number of nitrogen functional groups attached to an aromatic ring is 1. The monoisotopic (exact) mass is 233 g/mol. The van der Waals surface area contributed by atoms with E-state index in [1.807, 2.05) is 24.3 Å². The van der Waals surface area contributed by atoms with E-state index in [2.05, 4.69) is 17.4 Å². The van der Waals surface area contributed by atoms with Crippen LogP contribution in [0.1, 0.15) is 35.2 Å². The summed E-state index contributed by atoms with van der Waals surface area (Å²) in [6.07, 6.45) is 3.85. The van der Waals surface area contributed by atoms with Crippen LogP contribution in [0.5, 0.6) is 0 Å². The van der Waals surface area contributed by atoms with E-state index >= 15 is 0 Å². The Morgan fingerprint density at radius 2 is 2.18 bits per heavy atom. The second-order valence-corrected chi connectivity index (χ2v) is 4.63. The molecule has 0 atom stereocenters. The van der Waals surface area contributed by atoms with E-state index < -0.39 is 0 Å². The van der Waals surface area contributed by atoms with Gasteiger partial charge < -0.3 is 0 Å². The van der Waals surface area contributed by atoms with Gasteiger partial charge in [-0.25, -0.2) is 5.84 Å². The van der Waals surface area contributed by atoms with Gasteiger partial charge in [-0.05, 0) is 31.5 Å². The van der Waals surface area contributed by atoms with Crippen molar-refractivity contribution in [2.75, 3.05) is 7.05 Å². The highest BCUT2D eigenvalue weighted by molar-refractivity contribution is 5.95. The van der Waals surface area contributed by atoms with Crippen LogP contribution in [-0.2, 0) is 6.54 Å². The zero-order valence-electron chi connectivity index (χ0n) is 10.1. The molecule has 92 valence electrons. The van der Waals surface area contributed by atoms with Crippen molar-refractivity contribution in [3.63, 3.8) is 0 Å². The largest absolute Gasteiger partial charge is 0.299 e. The normalized spacial score (nSPS) is 15.7. The molecule has 1 fully saturated rings. The van der Waals surface area contributed by atoms with E-state index in [0.29, 0.717) is 11.6 Å². The predicted octanol–water partition coefficient (Wildman–Crippen LogP) is 1.27. The Morgan fingerprint density at radius 1 is 1.47 bits per heavy atom. The van der Waals surface area contributed by atoms with Gasteiger partial charge in [0.25, 0.3) is 5.91 Å². The van der Waals surface area contributed by atoms with Crippen molar-refractivity contribution in [3.8, 4) is 0 Å². The number of rotatable bonds is 4. The third-order valence-electron chi connectivity index (χ3n) is 3.51. The number of nitrogens with zero attached hydrogens (tertiary/aromatic N) is 1. The number of hydrogen-bond acceptors (Lipinski definition) is 3. The summed E-state index contributed by atoms with van der Waals surface area (Å²) in [6.45, 7) is 0.800. The Kier molecular flexibility index (Phi) is 3.76. The first kappa shape index (κ1) is 12.1. The molecule has 0 unspecified atom stereocenters. The van der Waals surface area contributed by atoms with Gasteiger partial charge in [0.15, 0.2) is 0 Å². The topological polar surface area (TPSA) is 58.4 Å². The Hall–Kier alpha value is -1.39. The molecule has 1 aliphatic carbocycles. The predicted molar refractivity (Wildman–Crippen MR) is 67.2 cm³/mol. The highest BCUT2D eigenvalue weighted by Crippen LogP contribution is 2.25. The Bertz CT molecular complexity index is 401. The minimum atomic E-state index is -0.220. The Balaban J connectivity index is 2.11. The second kappa shape index (κ2) is 5.29. The number of hydrogen-bond donors (Lipinski definition) is 2. The zero-order valence-corrected chi connectivity index (χ0v) is 10.1. The molecule has 0 radical (unpaired) electrons. The molecule has 3 N–H and O–H groups in total. The number of carbonyl (C=O) groups is 1. The van der Waals surface area contributed by atoms with Crippen molar-refractivity contribution in [1.82, 2.24) is 10.3 Å². The quantitative estimate of drug-likeness (QED) is 0.468. The molecule has 4 nitrogen and oxygen atoms in total. The molecule has 0 spiro atoms. The molecule has 2 rings (SSSR count). The fourth-order valence-corrected chi connectivity index (χ4v) is 2.18. The van der Waals surface area contributed by atoms with Gasteiger partial charge in [0.2, 0.25) is 0 Å². The van der Waals surface area contributed by atoms with E-state index in [-0.39, 0.29) is 5.91 Å². The lowest BCUT2D eigenvalue weighted by atomic mass is 9.91. The van der Waals surface area contributed by atoms with E-state index in [4.69, 9.17) is 5.84 Å². The van der Waals surface area contributed by atoms with Crippen LogP contribution in [0, 0.1) is 0 Å². The number of amides is 1. The maximum absolute atomic E-state index is 11.6. The van der Waals surface area contributed by atoms with Gasteiger partial charge in [-0.2, -0.15) is 0 Å². The van der Waals surface area contributed by atoms with Gasteiger partial charge in [-0.1, -0.05) is 24.6 Å². The van der Waals surface area contributed by atoms with E-state index in [1.165, 1.54) is 19.3 Å².